The Labute approximate surface area is 58.7 Å². The first-order valence-corrected chi connectivity index (χ1v) is 3.27. The van der Waals surface area contributed by atoms with E-state index in [1.54, 1.807) is 18.2 Å². The second-order valence-corrected chi connectivity index (χ2v) is 2.60. The van der Waals surface area contributed by atoms with Gasteiger partial charge in [-0.05, 0) is 23.3 Å². The molecule has 0 aromatic heterocycles. The van der Waals surface area contributed by atoms with E-state index in [9.17, 15) is 0 Å². The zero-order chi connectivity index (χ0) is 7.14. The van der Waals surface area contributed by atoms with Crippen LogP contribution in [0.25, 0.3) is 0 Å². The molecule has 0 radical (unpaired) electrons. The van der Waals surface area contributed by atoms with Crippen molar-refractivity contribution in [2.24, 2.45) is 0 Å². The van der Waals surface area contributed by atoms with Crippen LogP contribution in [0, 0.1) is 0 Å². The van der Waals surface area contributed by atoms with Crippen molar-refractivity contribution in [2.75, 3.05) is 0 Å². The SMILES string of the molecule is Oc1ccc2c(c1)CC2O. The minimum absolute atomic E-state index is 0.283. The number of aromatic hydroxyl groups is 1. The topological polar surface area (TPSA) is 40.5 Å². The predicted molar refractivity (Wildman–Crippen MR) is 36.8 cm³/mol. The number of phenols is 1. The number of hydrogen-bond acceptors (Lipinski definition) is 2. The lowest BCUT2D eigenvalue weighted by Crippen LogP contribution is -2.15. The molecule has 52 valence electrons. The van der Waals surface area contributed by atoms with Gasteiger partial charge >= 0.3 is 0 Å². The molecule has 0 amide bonds. The van der Waals surface area contributed by atoms with Gasteiger partial charge in [-0.2, -0.15) is 0 Å². The summed E-state index contributed by atoms with van der Waals surface area (Å²) < 4.78 is 0. The number of fused-ring (bicyclic) bond motifs is 1. The van der Waals surface area contributed by atoms with Gasteiger partial charge in [0.25, 0.3) is 0 Å². The predicted octanol–water partition coefficient (Wildman–Crippen LogP) is 0.982. The minimum atomic E-state index is -0.296. The minimum Gasteiger partial charge on any atom is -0.508 e. The molecule has 0 saturated carbocycles. The van der Waals surface area contributed by atoms with Crippen molar-refractivity contribution in [3.05, 3.63) is 29.3 Å². The zero-order valence-corrected chi connectivity index (χ0v) is 5.41. The summed E-state index contributed by atoms with van der Waals surface area (Å²) >= 11 is 0. The zero-order valence-electron chi connectivity index (χ0n) is 5.41. The lowest BCUT2D eigenvalue weighted by atomic mass is 9.85. The third-order valence-electron chi connectivity index (χ3n) is 1.90. The summed E-state index contributed by atoms with van der Waals surface area (Å²) in [5.74, 6) is 0.283. The second-order valence-electron chi connectivity index (χ2n) is 2.60. The molecule has 10 heavy (non-hydrogen) atoms. The van der Waals surface area contributed by atoms with Crippen molar-refractivity contribution in [1.29, 1.82) is 0 Å². The molecule has 2 heteroatoms. The molecule has 1 atom stereocenters. The first-order valence-electron chi connectivity index (χ1n) is 3.27. The van der Waals surface area contributed by atoms with Gasteiger partial charge in [0.05, 0.1) is 6.10 Å². The van der Waals surface area contributed by atoms with Crippen LogP contribution in [-0.4, -0.2) is 10.2 Å². The first kappa shape index (κ1) is 5.74. The Bertz CT molecular complexity index is 268. The number of rotatable bonds is 0. The molecule has 1 aromatic rings. The molecule has 0 bridgehead atoms. The smallest absolute Gasteiger partial charge is 0.115 e. The van der Waals surface area contributed by atoms with Crippen LogP contribution in [0.5, 0.6) is 5.75 Å². The summed E-state index contributed by atoms with van der Waals surface area (Å²) in [6.45, 7) is 0. The fraction of sp³-hybridized carbons (Fsp3) is 0.250. The molecule has 0 heterocycles. The van der Waals surface area contributed by atoms with E-state index < -0.39 is 0 Å². The highest BCUT2D eigenvalue weighted by Gasteiger charge is 2.23. The summed E-state index contributed by atoms with van der Waals surface area (Å²) in [5, 5.41) is 18.1. The Morgan fingerprint density at radius 2 is 2.20 bits per heavy atom. The molecule has 1 aromatic carbocycles. The van der Waals surface area contributed by atoms with E-state index in [2.05, 4.69) is 0 Å². The molecule has 1 aliphatic carbocycles. The van der Waals surface area contributed by atoms with Crippen LogP contribution in [0.2, 0.25) is 0 Å². The van der Waals surface area contributed by atoms with Gasteiger partial charge in [-0.15, -0.1) is 0 Å². The summed E-state index contributed by atoms with van der Waals surface area (Å²) in [6.07, 6.45) is 0.389. The van der Waals surface area contributed by atoms with E-state index in [0.717, 1.165) is 11.1 Å². The first-order chi connectivity index (χ1) is 4.77. The Kier molecular flexibility index (Phi) is 0.995. The van der Waals surface area contributed by atoms with E-state index in [0.29, 0.717) is 6.42 Å². The average Bonchev–Trinajstić information content (AvgIpc) is 1.86. The van der Waals surface area contributed by atoms with Crippen LogP contribution in [0.3, 0.4) is 0 Å². The highest BCUT2D eigenvalue weighted by Crippen LogP contribution is 2.34. The third-order valence-corrected chi connectivity index (χ3v) is 1.90. The van der Waals surface area contributed by atoms with Gasteiger partial charge < -0.3 is 10.2 Å². The highest BCUT2D eigenvalue weighted by molar-refractivity contribution is 5.42. The van der Waals surface area contributed by atoms with Crippen LogP contribution < -0.4 is 0 Å². The molecular formula is C8H8O2. The molecule has 0 aliphatic heterocycles. The Hall–Kier alpha value is -1.02. The number of hydrogen-bond donors (Lipinski definition) is 2. The quantitative estimate of drug-likeness (QED) is 0.558. The summed E-state index contributed by atoms with van der Waals surface area (Å²) in [4.78, 5) is 0. The third kappa shape index (κ3) is 0.625. The number of aliphatic hydroxyl groups is 1. The number of phenolic OH excluding ortho intramolecular Hbond substituents is 1. The summed E-state index contributed by atoms with van der Waals surface area (Å²) in [6, 6.07) is 5.06. The maximum absolute atomic E-state index is 9.11. The largest absolute Gasteiger partial charge is 0.508 e. The van der Waals surface area contributed by atoms with E-state index in [1.165, 1.54) is 0 Å². The van der Waals surface area contributed by atoms with Crippen molar-refractivity contribution < 1.29 is 10.2 Å². The van der Waals surface area contributed by atoms with Gasteiger partial charge in [0.2, 0.25) is 0 Å². The van der Waals surface area contributed by atoms with Crippen molar-refractivity contribution >= 4 is 0 Å². The van der Waals surface area contributed by atoms with E-state index in [-0.39, 0.29) is 11.9 Å². The van der Waals surface area contributed by atoms with Crippen LogP contribution >= 0.6 is 0 Å². The van der Waals surface area contributed by atoms with Crippen molar-refractivity contribution in [1.82, 2.24) is 0 Å². The van der Waals surface area contributed by atoms with E-state index in [4.69, 9.17) is 10.2 Å². The Balaban J connectivity index is 2.49. The van der Waals surface area contributed by atoms with Gasteiger partial charge in [0.15, 0.2) is 0 Å². The monoisotopic (exact) mass is 136 g/mol. The van der Waals surface area contributed by atoms with Crippen molar-refractivity contribution in [2.45, 2.75) is 12.5 Å². The molecule has 1 unspecified atom stereocenters. The lowest BCUT2D eigenvalue weighted by molar-refractivity contribution is 0.153. The number of aliphatic hydroxyl groups excluding tert-OH is 1. The molecule has 1 aliphatic rings. The van der Waals surface area contributed by atoms with Crippen LogP contribution in [0.15, 0.2) is 18.2 Å². The van der Waals surface area contributed by atoms with Gasteiger partial charge in [-0.3, -0.25) is 0 Å². The van der Waals surface area contributed by atoms with Gasteiger partial charge in [0, 0.05) is 6.42 Å². The highest BCUT2D eigenvalue weighted by atomic mass is 16.3. The maximum atomic E-state index is 9.11. The molecule has 0 saturated heterocycles. The standard InChI is InChI=1S/C8H8O2/c9-6-1-2-7-5(3-6)4-8(7)10/h1-3,8-10H,4H2. The summed E-state index contributed by atoms with van der Waals surface area (Å²) in [5.41, 5.74) is 2.02. The normalized spacial score (nSPS) is 21.5. The molecule has 0 spiro atoms. The van der Waals surface area contributed by atoms with Crippen molar-refractivity contribution in [3.63, 3.8) is 0 Å². The van der Waals surface area contributed by atoms with Crippen LogP contribution in [-0.2, 0) is 6.42 Å². The molecule has 2 rings (SSSR count). The fourth-order valence-corrected chi connectivity index (χ4v) is 1.28. The van der Waals surface area contributed by atoms with Crippen LogP contribution in [0.1, 0.15) is 17.2 Å². The number of benzene rings is 1. The molecular weight excluding hydrogens is 128 g/mol. The second kappa shape index (κ2) is 1.73. The Morgan fingerprint density at radius 3 is 2.80 bits per heavy atom. The van der Waals surface area contributed by atoms with E-state index in [1.807, 2.05) is 0 Å². The van der Waals surface area contributed by atoms with Gasteiger partial charge in [-0.1, -0.05) is 6.07 Å². The van der Waals surface area contributed by atoms with Crippen molar-refractivity contribution in [3.8, 4) is 5.75 Å². The fourth-order valence-electron chi connectivity index (χ4n) is 1.28. The average molecular weight is 136 g/mol. The molecule has 2 nitrogen and oxygen atoms in total. The molecule has 2 N–H and O–H groups in total. The van der Waals surface area contributed by atoms with Gasteiger partial charge in [-0.25, -0.2) is 0 Å². The molecule has 0 fully saturated rings. The van der Waals surface area contributed by atoms with Gasteiger partial charge in [0.1, 0.15) is 5.75 Å². The summed E-state index contributed by atoms with van der Waals surface area (Å²) in [7, 11) is 0. The van der Waals surface area contributed by atoms with Crippen LogP contribution in [0.4, 0.5) is 0 Å². The maximum Gasteiger partial charge on any atom is 0.115 e. The lowest BCUT2D eigenvalue weighted by Gasteiger charge is -2.24. The van der Waals surface area contributed by atoms with E-state index >= 15 is 0 Å². The Morgan fingerprint density at radius 1 is 1.40 bits per heavy atom.